The molecule has 0 fully saturated rings. The summed E-state index contributed by atoms with van der Waals surface area (Å²) in [5.74, 6) is 0.710. The Morgan fingerprint density at radius 3 is 2.17 bits per heavy atom. The minimum absolute atomic E-state index is 0.495. The zero-order valence-corrected chi connectivity index (χ0v) is 12.5. The summed E-state index contributed by atoms with van der Waals surface area (Å²) in [7, 11) is 0. The van der Waals surface area contributed by atoms with Crippen molar-refractivity contribution in [3.63, 3.8) is 0 Å². The van der Waals surface area contributed by atoms with Crippen LogP contribution in [-0.2, 0) is 4.74 Å². The van der Waals surface area contributed by atoms with Crippen molar-refractivity contribution in [2.75, 3.05) is 0 Å². The highest BCUT2D eigenvalue weighted by Gasteiger charge is 2.14. The van der Waals surface area contributed by atoms with Crippen LogP contribution >= 0.6 is 0 Å². The molecule has 1 aliphatic rings. The van der Waals surface area contributed by atoms with Gasteiger partial charge in [-0.1, -0.05) is 65.2 Å². The maximum absolute atomic E-state index is 5.64. The molecule has 1 heterocycles. The Bertz CT molecular complexity index is 210. The fraction of sp³-hybridized carbons (Fsp3) is 0.882. The first kappa shape index (κ1) is 15.6. The van der Waals surface area contributed by atoms with Gasteiger partial charge in [0.15, 0.2) is 0 Å². The van der Waals surface area contributed by atoms with Crippen molar-refractivity contribution in [2.24, 2.45) is 5.92 Å². The number of ether oxygens (including phenoxy) is 1. The molecule has 1 nitrogen and oxygen atoms in total. The molecule has 0 saturated carbocycles. The molecule has 106 valence electrons. The van der Waals surface area contributed by atoms with Gasteiger partial charge in [0.05, 0.1) is 12.4 Å². The van der Waals surface area contributed by atoms with Gasteiger partial charge in [-0.3, -0.25) is 0 Å². The predicted molar refractivity (Wildman–Crippen MR) is 79.6 cm³/mol. The van der Waals surface area contributed by atoms with Crippen LogP contribution < -0.4 is 0 Å². The highest BCUT2D eigenvalue weighted by atomic mass is 16.5. The van der Waals surface area contributed by atoms with Gasteiger partial charge in [-0.2, -0.15) is 0 Å². The molecule has 0 aromatic carbocycles. The van der Waals surface area contributed by atoms with Crippen LogP contribution in [0.1, 0.15) is 84.5 Å². The van der Waals surface area contributed by atoms with Gasteiger partial charge >= 0.3 is 0 Å². The van der Waals surface area contributed by atoms with Gasteiger partial charge in [-0.15, -0.1) is 0 Å². The molecular formula is C17H32O. The van der Waals surface area contributed by atoms with Crippen molar-refractivity contribution in [2.45, 2.75) is 90.6 Å². The molecule has 0 saturated heterocycles. The molecule has 1 heteroatoms. The Hall–Kier alpha value is -0.460. The topological polar surface area (TPSA) is 9.23 Å². The van der Waals surface area contributed by atoms with Crippen molar-refractivity contribution in [3.05, 3.63) is 12.3 Å². The average molecular weight is 252 g/mol. The third-order valence-corrected chi connectivity index (χ3v) is 3.94. The maximum Gasteiger partial charge on any atom is 0.0983 e. The van der Waals surface area contributed by atoms with Crippen LogP contribution in [-0.4, -0.2) is 6.10 Å². The van der Waals surface area contributed by atoms with Crippen LogP contribution in [0.2, 0.25) is 0 Å². The first-order chi connectivity index (χ1) is 8.83. The SMILES string of the molecule is CCCCCCCCCCCC1CC(C)C=CO1. The first-order valence-corrected chi connectivity index (χ1v) is 8.15. The molecule has 2 atom stereocenters. The van der Waals surface area contributed by atoms with E-state index in [2.05, 4.69) is 19.9 Å². The lowest BCUT2D eigenvalue weighted by molar-refractivity contribution is 0.0983. The average Bonchev–Trinajstić information content (AvgIpc) is 2.37. The van der Waals surface area contributed by atoms with Crippen molar-refractivity contribution in [1.29, 1.82) is 0 Å². The van der Waals surface area contributed by atoms with Crippen molar-refractivity contribution in [1.82, 2.24) is 0 Å². The minimum atomic E-state index is 0.495. The molecule has 18 heavy (non-hydrogen) atoms. The minimum Gasteiger partial charge on any atom is -0.498 e. The molecule has 0 radical (unpaired) electrons. The Morgan fingerprint density at radius 1 is 0.944 bits per heavy atom. The molecule has 0 spiro atoms. The lowest BCUT2D eigenvalue weighted by Crippen LogP contribution is -2.16. The van der Waals surface area contributed by atoms with E-state index < -0.39 is 0 Å². The van der Waals surface area contributed by atoms with Gasteiger partial charge in [0.25, 0.3) is 0 Å². The Kier molecular flexibility index (Phi) is 9.06. The number of unbranched alkanes of at least 4 members (excludes halogenated alkanes) is 8. The highest BCUT2D eigenvalue weighted by Crippen LogP contribution is 2.21. The molecule has 0 N–H and O–H groups in total. The zero-order chi connectivity index (χ0) is 13.1. The zero-order valence-electron chi connectivity index (χ0n) is 12.5. The summed E-state index contributed by atoms with van der Waals surface area (Å²) in [4.78, 5) is 0. The van der Waals surface area contributed by atoms with E-state index in [1.54, 1.807) is 0 Å². The number of allylic oxidation sites excluding steroid dienone is 1. The van der Waals surface area contributed by atoms with Crippen molar-refractivity contribution < 1.29 is 4.74 Å². The van der Waals surface area contributed by atoms with Crippen LogP contribution in [0.4, 0.5) is 0 Å². The molecule has 0 amide bonds. The number of hydrogen-bond donors (Lipinski definition) is 0. The normalized spacial score (nSPS) is 23.0. The van der Waals surface area contributed by atoms with E-state index in [4.69, 9.17) is 4.74 Å². The van der Waals surface area contributed by atoms with E-state index in [0.29, 0.717) is 12.0 Å². The largest absolute Gasteiger partial charge is 0.498 e. The van der Waals surface area contributed by atoms with Gasteiger partial charge < -0.3 is 4.74 Å². The summed E-state index contributed by atoms with van der Waals surface area (Å²) in [5.41, 5.74) is 0. The molecule has 0 aliphatic carbocycles. The molecule has 0 aromatic rings. The molecular weight excluding hydrogens is 220 g/mol. The van der Waals surface area contributed by atoms with E-state index in [-0.39, 0.29) is 0 Å². The van der Waals surface area contributed by atoms with Gasteiger partial charge in [-0.25, -0.2) is 0 Å². The molecule has 0 aromatic heterocycles. The van der Waals surface area contributed by atoms with Gasteiger partial charge in [0.2, 0.25) is 0 Å². The molecule has 1 aliphatic heterocycles. The van der Waals surface area contributed by atoms with E-state index >= 15 is 0 Å². The van der Waals surface area contributed by atoms with Crippen LogP contribution in [0.3, 0.4) is 0 Å². The van der Waals surface area contributed by atoms with Gasteiger partial charge in [-0.05, 0) is 31.3 Å². The summed E-state index contributed by atoms with van der Waals surface area (Å²) in [6.45, 7) is 4.56. The summed E-state index contributed by atoms with van der Waals surface area (Å²) < 4.78 is 5.64. The van der Waals surface area contributed by atoms with Gasteiger partial charge in [0, 0.05) is 0 Å². The second-order valence-corrected chi connectivity index (χ2v) is 5.92. The Morgan fingerprint density at radius 2 is 1.56 bits per heavy atom. The fourth-order valence-electron chi connectivity index (χ4n) is 2.71. The Balaban J connectivity index is 1.82. The van der Waals surface area contributed by atoms with E-state index in [1.807, 2.05) is 6.26 Å². The summed E-state index contributed by atoms with van der Waals surface area (Å²) in [5, 5.41) is 0. The lowest BCUT2D eigenvalue weighted by Gasteiger charge is -2.23. The maximum atomic E-state index is 5.64. The molecule has 1 rings (SSSR count). The summed E-state index contributed by atoms with van der Waals surface area (Å²) >= 11 is 0. The monoisotopic (exact) mass is 252 g/mol. The summed E-state index contributed by atoms with van der Waals surface area (Å²) in [6, 6.07) is 0. The third-order valence-electron chi connectivity index (χ3n) is 3.94. The van der Waals surface area contributed by atoms with Crippen LogP contribution in [0.25, 0.3) is 0 Å². The lowest BCUT2D eigenvalue weighted by atomic mass is 9.97. The first-order valence-electron chi connectivity index (χ1n) is 8.15. The molecule has 0 bridgehead atoms. The van der Waals surface area contributed by atoms with Crippen LogP contribution in [0, 0.1) is 5.92 Å². The van der Waals surface area contributed by atoms with Crippen molar-refractivity contribution in [3.8, 4) is 0 Å². The Labute approximate surface area is 114 Å². The predicted octanol–water partition coefficient (Wildman–Crippen LogP) is 5.85. The number of rotatable bonds is 10. The second-order valence-electron chi connectivity index (χ2n) is 5.92. The quantitative estimate of drug-likeness (QED) is 0.443. The summed E-state index contributed by atoms with van der Waals surface area (Å²) in [6.07, 6.45) is 19.8. The second kappa shape index (κ2) is 10.5. The van der Waals surface area contributed by atoms with E-state index in [1.165, 1.54) is 70.6 Å². The highest BCUT2D eigenvalue weighted by molar-refractivity contribution is 4.87. The number of hydrogen-bond acceptors (Lipinski definition) is 1. The van der Waals surface area contributed by atoms with Crippen molar-refractivity contribution >= 4 is 0 Å². The third kappa shape index (κ3) is 7.79. The fourth-order valence-corrected chi connectivity index (χ4v) is 2.71. The van der Waals surface area contributed by atoms with E-state index in [9.17, 15) is 0 Å². The van der Waals surface area contributed by atoms with Crippen LogP contribution in [0.15, 0.2) is 12.3 Å². The van der Waals surface area contributed by atoms with Gasteiger partial charge in [0.1, 0.15) is 0 Å². The van der Waals surface area contributed by atoms with Crippen LogP contribution in [0.5, 0.6) is 0 Å². The smallest absolute Gasteiger partial charge is 0.0983 e. The molecule has 2 unspecified atom stereocenters. The van der Waals surface area contributed by atoms with E-state index in [0.717, 1.165) is 0 Å². The standard InChI is InChI=1S/C17H32O/c1-3-4-5-6-7-8-9-10-11-12-17-15-16(2)13-14-18-17/h13-14,16-17H,3-12,15H2,1-2H3.